The Bertz CT molecular complexity index is 830. The molecule has 3 aromatic rings. The number of carbonyl (C=O) groups is 1. The van der Waals surface area contributed by atoms with Gasteiger partial charge in [0, 0.05) is 11.3 Å². The summed E-state index contributed by atoms with van der Waals surface area (Å²) in [5, 5.41) is 0.195. The fourth-order valence-electron chi connectivity index (χ4n) is 1.84. The summed E-state index contributed by atoms with van der Waals surface area (Å²) in [5.74, 6) is -0.512. The van der Waals surface area contributed by atoms with Crippen LogP contribution < -0.4 is 5.73 Å². The highest BCUT2D eigenvalue weighted by Gasteiger charge is 2.12. The second kappa shape index (κ2) is 4.73. The van der Waals surface area contributed by atoms with E-state index in [-0.39, 0.29) is 10.4 Å². The molecule has 2 heterocycles. The van der Waals surface area contributed by atoms with Crippen molar-refractivity contribution in [1.29, 1.82) is 0 Å². The summed E-state index contributed by atoms with van der Waals surface area (Å²) in [5.41, 5.74) is 7.21. The highest BCUT2D eigenvalue weighted by Crippen LogP contribution is 2.23. The molecule has 0 unspecified atom stereocenters. The minimum atomic E-state index is -0.512. The van der Waals surface area contributed by atoms with E-state index in [2.05, 4.69) is 15.0 Å². The Morgan fingerprint density at radius 2 is 2.05 bits per heavy atom. The summed E-state index contributed by atoms with van der Waals surface area (Å²) in [4.78, 5) is 23.3. The van der Waals surface area contributed by atoms with Crippen LogP contribution in [0.2, 0.25) is 10.4 Å². The number of nitrogens with zero attached hydrogens (tertiary/aromatic N) is 4. The van der Waals surface area contributed by atoms with Gasteiger partial charge in [0.15, 0.2) is 10.8 Å². The fourth-order valence-corrected chi connectivity index (χ4v) is 2.26. The Morgan fingerprint density at radius 3 is 2.80 bits per heavy atom. The first-order valence-corrected chi connectivity index (χ1v) is 6.28. The third kappa shape index (κ3) is 2.09. The molecule has 6 nitrogen and oxygen atoms in total. The Labute approximate surface area is 123 Å². The molecule has 0 fully saturated rings. The Hall–Kier alpha value is -2.18. The first-order valence-electron chi connectivity index (χ1n) is 5.52. The number of hydrogen-bond donors (Lipinski definition) is 1. The molecule has 0 bridgehead atoms. The van der Waals surface area contributed by atoms with E-state index in [0.717, 1.165) is 0 Å². The molecular formula is C12H7Cl2N5O. The third-order valence-corrected chi connectivity index (χ3v) is 3.17. The number of fused-ring (bicyclic) bond motifs is 1. The maximum atomic E-state index is 11.2. The molecule has 100 valence electrons. The minimum absolute atomic E-state index is 0.0234. The lowest BCUT2D eigenvalue weighted by Gasteiger charge is -2.05. The highest BCUT2D eigenvalue weighted by atomic mass is 35.5. The van der Waals surface area contributed by atoms with Gasteiger partial charge in [0.25, 0.3) is 0 Å². The number of carbonyl (C=O) groups excluding carboxylic acids is 1. The summed E-state index contributed by atoms with van der Waals surface area (Å²) in [6, 6.07) is 6.76. The highest BCUT2D eigenvalue weighted by molar-refractivity contribution is 6.35. The normalized spacial score (nSPS) is 10.9. The van der Waals surface area contributed by atoms with Gasteiger partial charge in [-0.05, 0) is 29.8 Å². The molecule has 1 amide bonds. The first kappa shape index (κ1) is 12.8. The number of hydrogen-bond acceptors (Lipinski definition) is 4. The summed E-state index contributed by atoms with van der Waals surface area (Å²) < 4.78 is 1.65. The number of rotatable bonds is 2. The average molecular weight is 308 g/mol. The van der Waals surface area contributed by atoms with Crippen LogP contribution in [0.25, 0.3) is 16.9 Å². The lowest BCUT2D eigenvalue weighted by Crippen LogP contribution is -2.11. The lowest BCUT2D eigenvalue weighted by atomic mass is 10.2. The fraction of sp³-hybridized carbons (Fsp3) is 0. The number of imidazole rings is 1. The van der Waals surface area contributed by atoms with Crippen molar-refractivity contribution in [3.8, 4) is 5.69 Å². The number of benzene rings is 1. The van der Waals surface area contributed by atoms with Crippen molar-refractivity contribution in [3.05, 3.63) is 46.6 Å². The van der Waals surface area contributed by atoms with Crippen LogP contribution in [-0.4, -0.2) is 25.4 Å². The van der Waals surface area contributed by atoms with Crippen molar-refractivity contribution in [3.63, 3.8) is 0 Å². The molecule has 0 aliphatic carbocycles. The molecule has 0 spiro atoms. The predicted molar refractivity (Wildman–Crippen MR) is 75.2 cm³/mol. The Morgan fingerprint density at radius 1 is 1.25 bits per heavy atom. The maximum Gasteiger partial charge on any atom is 0.248 e. The smallest absolute Gasteiger partial charge is 0.248 e. The van der Waals surface area contributed by atoms with Gasteiger partial charge in [-0.25, -0.2) is 9.97 Å². The molecule has 0 aliphatic heterocycles. The number of nitrogens with two attached hydrogens (primary N) is 1. The molecule has 0 saturated heterocycles. The molecule has 0 saturated carbocycles. The van der Waals surface area contributed by atoms with Crippen molar-refractivity contribution in [2.75, 3.05) is 0 Å². The van der Waals surface area contributed by atoms with E-state index < -0.39 is 5.91 Å². The molecule has 3 rings (SSSR count). The van der Waals surface area contributed by atoms with Crippen LogP contribution in [0.5, 0.6) is 0 Å². The largest absolute Gasteiger partial charge is 0.366 e. The number of aromatic nitrogens is 4. The number of halogens is 2. The molecule has 20 heavy (non-hydrogen) atoms. The summed E-state index contributed by atoms with van der Waals surface area (Å²) in [7, 11) is 0. The van der Waals surface area contributed by atoms with Crippen molar-refractivity contribution in [2.45, 2.75) is 0 Å². The second-order valence-corrected chi connectivity index (χ2v) is 4.68. The van der Waals surface area contributed by atoms with Gasteiger partial charge in [-0.3, -0.25) is 9.36 Å². The number of amides is 1. The SMILES string of the molecule is NC(=O)c1cccc(-n2cnc3c(Cl)nc(Cl)nc32)c1. The van der Waals surface area contributed by atoms with Crippen LogP contribution in [0.3, 0.4) is 0 Å². The molecular weight excluding hydrogens is 301 g/mol. The second-order valence-electron chi connectivity index (χ2n) is 3.98. The van der Waals surface area contributed by atoms with E-state index in [1.807, 2.05) is 0 Å². The van der Waals surface area contributed by atoms with Gasteiger partial charge in [-0.15, -0.1) is 0 Å². The van der Waals surface area contributed by atoms with E-state index in [4.69, 9.17) is 28.9 Å². The molecule has 2 N–H and O–H groups in total. The third-order valence-electron chi connectivity index (χ3n) is 2.74. The zero-order valence-electron chi connectivity index (χ0n) is 9.92. The predicted octanol–water partition coefficient (Wildman–Crippen LogP) is 2.22. The van der Waals surface area contributed by atoms with Gasteiger partial charge in [0.1, 0.15) is 11.8 Å². The average Bonchev–Trinajstić information content (AvgIpc) is 2.82. The van der Waals surface area contributed by atoms with Crippen molar-refractivity contribution >= 4 is 40.3 Å². The van der Waals surface area contributed by atoms with Gasteiger partial charge in [-0.2, -0.15) is 4.98 Å². The zero-order chi connectivity index (χ0) is 14.3. The van der Waals surface area contributed by atoms with Crippen LogP contribution in [-0.2, 0) is 0 Å². The minimum Gasteiger partial charge on any atom is -0.366 e. The molecule has 8 heteroatoms. The van der Waals surface area contributed by atoms with Crippen molar-refractivity contribution < 1.29 is 4.79 Å². The van der Waals surface area contributed by atoms with Crippen LogP contribution in [0.1, 0.15) is 10.4 Å². The molecule has 0 atom stereocenters. The zero-order valence-corrected chi connectivity index (χ0v) is 11.4. The van der Waals surface area contributed by atoms with Gasteiger partial charge in [-0.1, -0.05) is 17.7 Å². The van der Waals surface area contributed by atoms with Gasteiger partial charge in [0.2, 0.25) is 11.2 Å². The van der Waals surface area contributed by atoms with Crippen molar-refractivity contribution in [2.24, 2.45) is 5.73 Å². The maximum absolute atomic E-state index is 11.2. The van der Waals surface area contributed by atoms with Crippen molar-refractivity contribution in [1.82, 2.24) is 19.5 Å². The Kier molecular flexibility index (Phi) is 3.04. The molecule has 2 aromatic heterocycles. The summed E-state index contributed by atoms with van der Waals surface area (Å²) in [6.45, 7) is 0. The van der Waals surface area contributed by atoms with Crippen LogP contribution in [0.15, 0.2) is 30.6 Å². The van der Waals surface area contributed by atoms with E-state index in [1.165, 1.54) is 6.33 Å². The Balaban J connectivity index is 2.25. The van der Waals surface area contributed by atoms with Gasteiger partial charge >= 0.3 is 0 Å². The van der Waals surface area contributed by atoms with Crippen LogP contribution in [0.4, 0.5) is 0 Å². The molecule has 0 aliphatic rings. The summed E-state index contributed by atoms with van der Waals surface area (Å²) in [6.07, 6.45) is 1.53. The summed E-state index contributed by atoms with van der Waals surface area (Å²) >= 11 is 11.8. The first-order chi connectivity index (χ1) is 9.56. The quantitative estimate of drug-likeness (QED) is 0.581. The topological polar surface area (TPSA) is 86.7 Å². The monoisotopic (exact) mass is 307 g/mol. The molecule has 0 radical (unpaired) electrons. The standard InChI is InChI=1S/C12H7Cl2N5O/c13-9-8-11(18-12(14)17-9)19(5-16-8)7-3-1-2-6(4-7)10(15)20/h1-5H,(H2,15,20). The van der Waals surface area contributed by atoms with Gasteiger partial charge in [0.05, 0.1) is 0 Å². The van der Waals surface area contributed by atoms with E-state index in [1.54, 1.807) is 28.8 Å². The van der Waals surface area contributed by atoms with E-state index >= 15 is 0 Å². The molecule has 1 aromatic carbocycles. The lowest BCUT2D eigenvalue weighted by molar-refractivity contribution is 0.100. The number of primary amides is 1. The van der Waals surface area contributed by atoms with E-state index in [0.29, 0.717) is 22.4 Å². The van der Waals surface area contributed by atoms with Gasteiger partial charge < -0.3 is 5.73 Å². The van der Waals surface area contributed by atoms with E-state index in [9.17, 15) is 4.79 Å². The van der Waals surface area contributed by atoms with Crippen LogP contribution in [0, 0.1) is 0 Å². The van der Waals surface area contributed by atoms with Crippen LogP contribution >= 0.6 is 23.2 Å².